The van der Waals surface area contributed by atoms with E-state index < -0.39 is 4.92 Å². The second-order valence-corrected chi connectivity index (χ2v) is 8.71. The van der Waals surface area contributed by atoms with E-state index in [-0.39, 0.29) is 23.0 Å². The van der Waals surface area contributed by atoms with Crippen molar-refractivity contribution >= 4 is 17.5 Å². The predicted molar refractivity (Wildman–Crippen MR) is 119 cm³/mol. The number of hydrogen-bond donors (Lipinski definition) is 1. The van der Waals surface area contributed by atoms with E-state index in [2.05, 4.69) is 32.6 Å². The van der Waals surface area contributed by atoms with E-state index in [4.69, 9.17) is 4.74 Å². The van der Waals surface area contributed by atoms with Crippen LogP contribution >= 0.6 is 0 Å². The molecule has 7 heteroatoms. The Hall–Kier alpha value is -3.19. The highest BCUT2D eigenvalue weighted by molar-refractivity contribution is 6.15. The standard InChI is InChI=1S/C24H28N2O5/c1-15(2)12-25(13-16(3)4)14-20-21(27)9-8-19-23(28)22(31-24(19)20)11-17-6-5-7-18(10-17)26(29)30/h5-11,15-16,27H,12-14H2,1-4H3/b22-11+. The van der Waals surface area contributed by atoms with Gasteiger partial charge in [0.1, 0.15) is 11.5 Å². The topological polar surface area (TPSA) is 92.9 Å². The zero-order valence-corrected chi connectivity index (χ0v) is 18.3. The van der Waals surface area contributed by atoms with E-state index in [1.54, 1.807) is 18.2 Å². The Balaban J connectivity index is 1.94. The molecular weight excluding hydrogens is 396 g/mol. The van der Waals surface area contributed by atoms with Gasteiger partial charge >= 0.3 is 0 Å². The van der Waals surface area contributed by atoms with Gasteiger partial charge in [0.15, 0.2) is 5.76 Å². The molecule has 7 nitrogen and oxygen atoms in total. The predicted octanol–water partition coefficient (Wildman–Crippen LogP) is 5.03. The Labute approximate surface area is 182 Å². The van der Waals surface area contributed by atoms with Crippen molar-refractivity contribution in [1.82, 2.24) is 4.90 Å². The van der Waals surface area contributed by atoms with Crippen LogP contribution in [-0.2, 0) is 6.54 Å². The molecular formula is C24H28N2O5. The number of nitro groups is 1. The number of hydrogen-bond acceptors (Lipinski definition) is 6. The van der Waals surface area contributed by atoms with Gasteiger partial charge < -0.3 is 9.84 Å². The molecule has 3 rings (SSSR count). The molecule has 1 heterocycles. The number of nitrogens with zero attached hydrogens (tertiary/aromatic N) is 2. The molecule has 0 fully saturated rings. The number of ether oxygens (including phenoxy) is 1. The molecule has 0 unspecified atom stereocenters. The van der Waals surface area contributed by atoms with Crippen LogP contribution in [0.4, 0.5) is 5.69 Å². The number of allylic oxidation sites excluding steroid dienone is 1. The van der Waals surface area contributed by atoms with Crippen molar-refractivity contribution in [3.8, 4) is 11.5 Å². The van der Waals surface area contributed by atoms with Gasteiger partial charge in [0.2, 0.25) is 5.78 Å². The van der Waals surface area contributed by atoms with Crippen LogP contribution in [0.2, 0.25) is 0 Å². The highest BCUT2D eigenvalue weighted by Crippen LogP contribution is 2.40. The molecule has 0 amide bonds. The highest BCUT2D eigenvalue weighted by Gasteiger charge is 2.32. The maximum atomic E-state index is 12.9. The summed E-state index contributed by atoms with van der Waals surface area (Å²) in [6.45, 7) is 10.7. The first kappa shape index (κ1) is 22.5. The number of benzene rings is 2. The second-order valence-electron chi connectivity index (χ2n) is 8.71. The molecule has 0 atom stereocenters. The first-order chi connectivity index (χ1) is 14.7. The van der Waals surface area contributed by atoms with Crippen molar-refractivity contribution in [3.05, 3.63) is 69.0 Å². The normalized spacial score (nSPS) is 14.5. The van der Waals surface area contributed by atoms with Gasteiger partial charge in [-0.15, -0.1) is 0 Å². The lowest BCUT2D eigenvalue weighted by Crippen LogP contribution is -2.31. The maximum absolute atomic E-state index is 12.9. The number of carbonyl (C=O) groups is 1. The Morgan fingerprint density at radius 1 is 1.13 bits per heavy atom. The number of phenolic OH excluding ortho intramolecular Hbond substituents is 1. The Morgan fingerprint density at radius 3 is 2.42 bits per heavy atom. The SMILES string of the molecule is CC(C)CN(Cc1c(O)ccc2c1O/C(=C/c1cccc([N+](=O)[O-])c1)C2=O)CC(C)C. The Bertz CT molecular complexity index is 1020. The minimum Gasteiger partial charge on any atom is -0.507 e. The highest BCUT2D eigenvalue weighted by atomic mass is 16.6. The minimum absolute atomic E-state index is 0.0614. The van der Waals surface area contributed by atoms with E-state index in [0.717, 1.165) is 13.1 Å². The summed E-state index contributed by atoms with van der Waals surface area (Å²) in [5, 5.41) is 21.6. The molecule has 1 N–H and O–H groups in total. The number of phenols is 1. The zero-order chi connectivity index (χ0) is 22.7. The Kier molecular flexibility index (Phi) is 6.75. The third-order valence-electron chi connectivity index (χ3n) is 4.92. The molecule has 0 bridgehead atoms. The number of ketones is 1. The van der Waals surface area contributed by atoms with E-state index in [1.807, 2.05) is 0 Å². The molecule has 2 aromatic rings. The van der Waals surface area contributed by atoms with Gasteiger partial charge in [0.25, 0.3) is 5.69 Å². The van der Waals surface area contributed by atoms with Gasteiger partial charge in [0.05, 0.1) is 16.1 Å². The smallest absolute Gasteiger partial charge is 0.270 e. The van der Waals surface area contributed by atoms with Crippen LogP contribution in [0.25, 0.3) is 6.08 Å². The molecule has 1 aliphatic rings. The lowest BCUT2D eigenvalue weighted by Gasteiger charge is -2.27. The summed E-state index contributed by atoms with van der Waals surface area (Å²) in [4.78, 5) is 25.7. The number of nitro benzene ring substituents is 1. The van der Waals surface area contributed by atoms with E-state index in [1.165, 1.54) is 24.3 Å². The third-order valence-corrected chi connectivity index (χ3v) is 4.92. The third kappa shape index (κ3) is 5.30. The van der Waals surface area contributed by atoms with Crippen LogP contribution in [0, 0.1) is 22.0 Å². The largest absolute Gasteiger partial charge is 0.507 e. The molecule has 164 valence electrons. The van der Waals surface area contributed by atoms with Crippen molar-refractivity contribution in [1.29, 1.82) is 0 Å². The van der Waals surface area contributed by atoms with Crippen LogP contribution in [0.5, 0.6) is 11.5 Å². The lowest BCUT2D eigenvalue weighted by molar-refractivity contribution is -0.384. The van der Waals surface area contributed by atoms with E-state index in [9.17, 15) is 20.0 Å². The molecule has 1 aliphatic heterocycles. The van der Waals surface area contributed by atoms with Crippen molar-refractivity contribution in [2.45, 2.75) is 34.2 Å². The molecule has 0 aliphatic carbocycles. The van der Waals surface area contributed by atoms with Crippen molar-refractivity contribution in [2.24, 2.45) is 11.8 Å². The van der Waals surface area contributed by atoms with Crippen LogP contribution in [0.1, 0.15) is 49.2 Å². The quantitative estimate of drug-likeness (QED) is 0.363. The van der Waals surface area contributed by atoms with Gasteiger partial charge in [-0.25, -0.2) is 0 Å². The fourth-order valence-corrected chi connectivity index (χ4v) is 3.79. The molecule has 0 saturated carbocycles. The lowest BCUT2D eigenvalue weighted by atomic mass is 10.0. The summed E-state index contributed by atoms with van der Waals surface area (Å²) >= 11 is 0. The van der Waals surface area contributed by atoms with Crippen LogP contribution in [-0.4, -0.2) is 33.8 Å². The van der Waals surface area contributed by atoms with E-state index >= 15 is 0 Å². The molecule has 2 aromatic carbocycles. The fourth-order valence-electron chi connectivity index (χ4n) is 3.79. The van der Waals surface area contributed by atoms with Crippen LogP contribution < -0.4 is 4.74 Å². The van der Waals surface area contributed by atoms with E-state index in [0.29, 0.717) is 40.8 Å². The summed E-state index contributed by atoms with van der Waals surface area (Å²) < 4.78 is 5.90. The molecule has 0 spiro atoms. The van der Waals surface area contributed by atoms with Crippen molar-refractivity contribution in [3.63, 3.8) is 0 Å². The molecule has 0 aromatic heterocycles. The number of Topliss-reactive ketones (excluding diaryl/α,β-unsaturated/α-hetero) is 1. The number of aromatic hydroxyl groups is 1. The second kappa shape index (κ2) is 9.31. The first-order valence-electron chi connectivity index (χ1n) is 10.4. The first-order valence-corrected chi connectivity index (χ1v) is 10.4. The molecule has 0 saturated heterocycles. The van der Waals surface area contributed by atoms with Gasteiger partial charge in [-0.3, -0.25) is 19.8 Å². The van der Waals surface area contributed by atoms with Crippen molar-refractivity contribution in [2.75, 3.05) is 13.1 Å². The van der Waals surface area contributed by atoms with Crippen LogP contribution in [0.15, 0.2) is 42.2 Å². The average Bonchev–Trinajstić information content (AvgIpc) is 2.99. The molecule has 0 radical (unpaired) electrons. The summed E-state index contributed by atoms with van der Waals surface area (Å²) in [7, 11) is 0. The zero-order valence-electron chi connectivity index (χ0n) is 18.3. The summed E-state index contributed by atoms with van der Waals surface area (Å²) in [6.07, 6.45) is 1.50. The summed E-state index contributed by atoms with van der Waals surface area (Å²) in [6, 6.07) is 9.09. The number of fused-ring (bicyclic) bond motifs is 1. The minimum atomic E-state index is -0.484. The van der Waals surface area contributed by atoms with Gasteiger partial charge in [-0.1, -0.05) is 39.8 Å². The van der Waals surface area contributed by atoms with Crippen molar-refractivity contribution < 1.29 is 19.6 Å². The summed E-state index contributed by atoms with van der Waals surface area (Å²) in [5.41, 5.74) is 1.40. The molecule has 31 heavy (non-hydrogen) atoms. The fraction of sp³-hybridized carbons (Fsp3) is 0.375. The average molecular weight is 424 g/mol. The number of non-ortho nitro benzene ring substituents is 1. The maximum Gasteiger partial charge on any atom is 0.270 e. The van der Waals surface area contributed by atoms with Gasteiger partial charge in [-0.05, 0) is 35.6 Å². The number of rotatable bonds is 8. The van der Waals surface area contributed by atoms with Crippen LogP contribution in [0.3, 0.4) is 0 Å². The summed E-state index contributed by atoms with van der Waals surface area (Å²) in [5.74, 6) is 1.12. The van der Waals surface area contributed by atoms with Gasteiger partial charge in [-0.2, -0.15) is 0 Å². The monoisotopic (exact) mass is 424 g/mol. The Morgan fingerprint density at radius 2 is 1.81 bits per heavy atom. The van der Waals surface area contributed by atoms with Gasteiger partial charge in [0, 0.05) is 31.8 Å². The number of carbonyl (C=O) groups excluding carboxylic acids is 1.